The van der Waals surface area contributed by atoms with Gasteiger partial charge in [0.25, 0.3) is 0 Å². The molecule has 3 N–H and O–H groups in total. The van der Waals surface area contributed by atoms with Gasteiger partial charge in [-0.25, -0.2) is 0 Å². The minimum absolute atomic E-state index is 0.0117. The summed E-state index contributed by atoms with van der Waals surface area (Å²) in [6, 6.07) is 17.4. The van der Waals surface area contributed by atoms with Gasteiger partial charge < -0.3 is 25.2 Å². The standard InChI is InChI=1S/C28H38N2O5/c1-20(2)35-24-10-6-9-23(19-24)29-25-13-11-22(12-14-26(25)31)28(34)30(18-16-27(32)33)17-15-21-7-4-3-5-8-21/h3-10,19-20,22,25-26,29,31H,11-18H2,1-2H3,(H,32,33)/t22-,25+,26+/m1/s1. The van der Waals surface area contributed by atoms with E-state index in [1.54, 1.807) is 4.90 Å². The second kappa shape index (κ2) is 13.1. The van der Waals surface area contributed by atoms with E-state index >= 15 is 0 Å². The van der Waals surface area contributed by atoms with E-state index in [1.807, 2.05) is 68.4 Å². The quantitative estimate of drug-likeness (QED) is 0.412. The first-order chi connectivity index (χ1) is 16.8. The van der Waals surface area contributed by atoms with Crippen molar-refractivity contribution in [2.24, 2.45) is 5.92 Å². The topological polar surface area (TPSA) is 99.1 Å². The summed E-state index contributed by atoms with van der Waals surface area (Å²) in [4.78, 5) is 26.3. The fraction of sp³-hybridized carbons (Fsp3) is 0.500. The van der Waals surface area contributed by atoms with E-state index in [0.717, 1.165) is 17.0 Å². The number of ether oxygens (including phenoxy) is 1. The van der Waals surface area contributed by atoms with Crippen LogP contribution >= 0.6 is 0 Å². The second-order valence-electron chi connectivity index (χ2n) is 9.57. The van der Waals surface area contributed by atoms with Crippen molar-refractivity contribution in [1.29, 1.82) is 0 Å². The molecule has 3 atom stereocenters. The van der Waals surface area contributed by atoms with Crippen LogP contribution in [0.2, 0.25) is 0 Å². The van der Waals surface area contributed by atoms with Gasteiger partial charge in [-0.3, -0.25) is 9.59 Å². The van der Waals surface area contributed by atoms with Crippen LogP contribution in [0.3, 0.4) is 0 Å². The third kappa shape index (κ3) is 8.58. The number of carbonyl (C=O) groups is 2. The summed E-state index contributed by atoms with van der Waals surface area (Å²) in [5, 5.41) is 23.4. The molecule has 0 saturated heterocycles. The molecule has 2 aromatic carbocycles. The predicted octanol–water partition coefficient (Wildman–Crippen LogP) is 4.35. The number of rotatable bonds is 11. The van der Waals surface area contributed by atoms with Crippen LogP contribution in [0.1, 0.15) is 51.5 Å². The molecular weight excluding hydrogens is 444 g/mol. The molecule has 1 fully saturated rings. The Morgan fingerprint density at radius 3 is 2.49 bits per heavy atom. The molecule has 1 saturated carbocycles. The Balaban J connectivity index is 1.62. The average molecular weight is 483 g/mol. The Bertz CT molecular complexity index is 949. The highest BCUT2D eigenvalue weighted by atomic mass is 16.5. The van der Waals surface area contributed by atoms with Crippen LogP contribution < -0.4 is 10.1 Å². The average Bonchev–Trinajstić information content (AvgIpc) is 3.00. The summed E-state index contributed by atoms with van der Waals surface area (Å²) in [5.41, 5.74) is 1.99. The number of aliphatic carboxylic acids is 1. The molecule has 0 aliphatic heterocycles. The molecule has 2 aromatic rings. The highest BCUT2D eigenvalue weighted by molar-refractivity contribution is 5.79. The van der Waals surface area contributed by atoms with Crippen molar-refractivity contribution in [2.45, 2.75) is 70.6 Å². The lowest BCUT2D eigenvalue weighted by atomic mass is 9.98. The molecule has 0 unspecified atom stereocenters. The van der Waals surface area contributed by atoms with Crippen LogP contribution in [0.25, 0.3) is 0 Å². The van der Waals surface area contributed by atoms with Gasteiger partial charge in [-0.1, -0.05) is 36.4 Å². The van der Waals surface area contributed by atoms with Crippen LogP contribution in [-0.4, -0.2) is 58.3 Å². The molecule has 0 aromatic heterocycles. The Morgan fingerprint density at radius 1 is 1.03 bits per heavy atom. The number of benzene rings is 2. The normalized spacial score (nSPS) is 20.2. The number of nitrogens with one attached hydrogen (secondary N) is 1. The van der Waals surface area contributed by atoms with E-state index in [9.17, 15) is 19.8 Å². The summed E-state index contributed by atoms with van der Waals surface area (Å²) < 4.78 is 5.77. The van der Waals surface area contributed by atoms with Crippen LogP contribution in [0, 0.1) is 5.92 Å². The third-order valence-electron chi connectivity index (χ3n) is 6.43. The second-order valence-corrected chi connectivity index (χ2v) is 9.57. The molecule has 0 radical (unpaired) electrons. The maximum absolute atomic E-state index is 13.4. The van der Waals surface area contributed by atoms with Gasteiger partial charge in [-0.05, 0) is 63.6 Å². The molecule has 1 amide bonds. The minimum atomic E-state index is -0.910. The maximum atomic E-state index is 13.4. The van der Waals surface area contributed by atoms with E-state index in [1.165, 1.54) is 0 Å². The number of anilines is 1. The molecule has 7 nitrogen and oxygen atoms in total. The number of amides is 1. The first-order valence-electron chi connectivity index (χ1n) is 12.6. The van der Waals surface area contributed by atoms with Gasteiger partial charge in [0.15, 0.2) is 0 Å². The number of aliphatic hydroxyl groups excluding tert-OH is 1. The SMILES string of the molecule is CC(C)Oc1cccc(N[C@H]2CC[C@@H](C(=O)N(CCC(=O)O)CCc3ccccc3)CC[C@@H]2O)c1. The predicted molar refractivity (Wildman–Crippen MR) is 137 cm³/mol. The van der Waals surface area contributed by atoms with Crippen molar-refractivity contribution in [1.82, 2.24) is 4.90 Å². The van der Waals surface area contributed by atoms with Crippen molar-refractivity contribution in [3.63, 3.8) is 0 Å². The minimum Gasteiger partial charge on any atom is -0.491 e. The summed E-state index contributed by atoms with van der Waals surface area (Å²) in [7, 11) is 0. The number of nitrogens with zero attached hydrogens (tertiary/aromatic N) is 1. The zero-order valence-corrected chi connectivity index (χ0v) is 20.7. The maximum Gasteiger partial charge on any atom is 0.305 e. The monoisotopic (exact) mass is 482 g/mol. The van der Waals surface area contributed by atoms with Crippen molar-refractivity contribution in [3.05, 3.63) is 60.2 Å². The highest BCUT2D eigenvalue weighted by Crippen LogP contribution is 2.29. The number of hydrogen-bond acceptors (Lipinski definition) is 5. The van der Waals surface area contributed by atoms with Crippen molar-refractivity contribution in [3.8, 4) is 5.75 Å². The molecule has 1 aliphatic carbocycles. The first kappa shape index (κ1) is 26.5. The molecular formula is C28H38N2O5. The van der Waals surface area contributed by atoms with Crippen LogP contribution in [-0.2, 0) is 16.0 Å². The fourth-order valence-electron chi connectivity index (χ4n) is 4.58. The van der Waals surface area contributed by atoms with Gasteiger partial charge in [0, 0.05) is 30.8 Å². The first-order valence-corrected chi connectivity index (χ1v) is 12.6. The van der Waals surface area contributed by atoms with Crippen LogP contribution in [0.4, 0.5) is 5.69 Å². The Morgan fingerprint density at radius 2 is 1.77 bits per heavy atom. The lowest BCUT2D eigenvalue weighted by Crippen LogP contribution is -2.39. The summed E-state index contributed by atoms with van der Waals surface area (Å²) in [6.45, 7) is 4.64. The Labute approximate surface area is 208 Å². The van der Waals surface area contributed by atoms with Gasteiger partial charge >= 0.3 is 5.97 Å². The van der Waals surface area contributed by atoms with E-state index in [2.05, 4.69) is 5.32 Å². The number of hydrogen-bond donors (Lipinski definition) is 3. The zero-order chi connectivity index (χ0) is 25.2. The van der Waals surface area contributed by atoms with Gasteiger partial charge in [0.05, 0.1) is 24.7 Å². The summed E-state index contributed by atoms with van der Waals surface area (Å²) >= 11 is 0. The summed E-state index contributed by atoms with van der Waals surface area (Å²) in [5.74, 6) is -0.376. The fourth-order valence-corrected chi connectivity index (χ4v) is 4.58. The number of aliphatic hydroxyl groups is 1. The van der Waals surface area contributed by atoms with E-state index in [-0.39, 0.29) is 36.9 Å². The van der Waals surface area contributed by atoms with Crippen molar-refractivity contribution >= 4 is 17.6 Å². The Kier molecular flexibility index (Phi) is 9.97. The number of carboxylic acids is 1. The third-order valence-corrected chi connectivity index (χ3v) is 6.43. The van der Waals surface area contributed by atoms with E-state index < -0.39 is 12.1 Å². The number of carboxylic acid groups (broad SMARTS) is 1. The summed E-state index contributed by atoms with van der Waals surface area (Å²) in [6.07, 6.45) is 2.51. The van der Waals surface area contributed by atoms with Crippen LogP contribution in [0.15, 0.2) is 54.6 Å². The molecule has 7 heteroatoms. The van der Waals surface area contributed by atoms with Gasteiger partial charge in [0.2, 0.25) is 5.91 Å². The van der Waals surface area contributed by atoms with E-state index in [4.69, 9.17) is 4.74 Å². The Hall–Kier alpha value is -3.06. The van der Waals surface area contributed by atoms with Gasteiger partial charge in [0.1, 0.15) is 5.75 Å². The van der Waals surface area contributed by atoms with E-state index in [0.29, 0.717) is 38.6 Å². The zero-order valence-electron chi connectivity index (χ0n) is 20.7. The van der Waals surface area contributed by atoms with Crippen molar-refractivity contribution < 1.29 is 24.5 Å². The largest absolute Gasteiger partial charge is 0.491 e. The van der Waals surface area contributed by atoms with Gasteiger partial charge in [-0.2, -0.15) is 0 Å². The molecule has 0 spiro atoms. The lowest BCUT2D eigenvalue weighted by molar-refractivity contribution is -0.140. The highest BCUT2D eigenvalue weighted by Gasteiger charge is 2.31. The lowest BCUT2D eigenvalue weighted by Gasteiger charge is -2.27. The molecule has 190 valence electrons. The molecule has 35 heavy (non-hydrogen) atoms. The van der Waals surface area contributed by atoms with Crippen molar-refractivity contribution in [2.75, 3.05) is 18.4 Å². The smallest absolute Gasteiger partial charge is 0.305 e. The van der Waals surface area contributed by atoms with Gasteiger partial charge in [-0.15, -0.1) is 0 Å². The van der Waals surface area contributed by atoms with Crippen LogP contribution in [0.5, 0.6) is 5.75 Å². The molecule has 0 heterocycles. The molecule has 0 bridgehead atoms. The number of carbonyl (C=O) groups excluding carboxylic acids is 1. The molecule has 1 aliphatic rings. The molecule has 3 rings (SSSR count).